The summed E-state index contributed by atoms with van der Waals surface area (Å²) < 4.78 is 19.1. The molecule has 0 saturated heterocycles. The molecule has 0 atom stereocenters. The Kier molecular flexibility index (Phi) is 4.52. The van der Waals surface area contributed by atoms with Gasteiger partial charge in [-0.3, -0.25) is 4.98 Å². The van der Waals surface area contributed by atoms with Crippen LogP contribution < -0.4 is 0 Å². The van der Waals surface area contributed by atoms with Crippen LogP contribution in [0.15, 0.2) is 18.3 Å². The fourth-order valence-electron chi connectivity index (χ4n) is 2.03. The van der Waals surface area contributed by atoms with Crippen LogP contribution in [0.25, 0.3) is 5.57 Å². The first-order valence-electron chi connectivity index (χ1n) is 6.74. The van der Waals surface area contributed by atoms with Crippen molar-refractivity contribution in [2.45, 2.75) is 32.8 Å². The third-order valence-corrected chi connectivity index (χ3v) is 3.18. The minimum Gasteiger partial charge on any atom is -0.444 e. The van der Waals surface area contributed by atoms with Crippen LogP contribution in [0, 0.1) is 5.82 Å². The Balaban J connectivity index is 2.07. The molecule has 1 aromatic rings. The van der Waals surface area contributed by atoms with E-state index in [0.29, 0.717) is 25.2 Å². The zero-order valence-corrected chi connectivity index (χ0v) is 13.1. The number of hydrogen-bond acceptors (Lipinski definition) is 3. The molecular weight excluding hydrogens is 295 g/mol. The van der Waals surface area contributed by atoms with Gasteiger partial charge in [0.25, 0.3) is 0 Å². The molecule has 1 amide bonds. The van der Waals surface area contributed by atoms with E-state index in [1.165, 1.54) is 12.3 Å². The Morgan fingerprint density at radius 2 is 2.19 bits per heavy atom. The average molecular weight is 313 g/mol. The first-order chi connectivity index (χ1) is 9.76. The number of halogens is 2. The second-order valence-corrected chi connectivity index (χ2v) is 6.33. The summed E-state index contributed by atoms with van der Waals surface area (Å²) in [5.41, 5.74) is 0.553. The Morgan fingerprint density at radius 1 is 1.48 bits per heavy atom. The Morgan fingerprint density at radius 3 is 2.71 bits per heavy atom. The van der Waals surface area contributed by atoms with Gasteiger partial charge in [0.05, 0.1) is 5.02 Å². The lowest BCUT2D eigenvalue weighted by molar-refractivity contribution is 0.0270. The van der Waals surface area contributed by atoms with E-state index in [2.05, 4.69) is 4.98 Å². The highest BCUT2D eigenvalue weighted by atomic mass is 35.5. The highest BCUT2D eigenvalue weighted by Gasteiger charge is 2.24. The zero-order valence-electron chi connectivity index (χ0n) is 12.3. The molecule has 4 nitrogen and oxygen atoms in total. The average Bonchev–Trinajstić information content (AvgIpc) is 2.37. The minimum absolute atomic E-state index is 0.267. The molecule has 2 heterocycles. The fourth-order valence-corrected chi connectivity index (χ4v) is 2.17. The van der Waals surface area contributed by atoms with E-state index < -0.39 is 11.4 Å². The van der Waals surface area contributed by atoms with Gasteiger partial charge in [-0.25, -0.2) is 9.18 Å². The summed E-state index contributed by atoms with van der Waals surface area (Å²) in [6.07, 6.45) is 3.39. The standard InChI is InChI=1S/C15H18ClFN2O2/c1-15(2,3)21-14(20)19-6-4-10(5-7-19)13-12(17)8-11(16)9-18-13/h4,8-9H,5-7H2,1-3H3. The van der Waals surface area contributed by atoms with Gasteiger partial charge in [0.2, 0.25) is 0 Å². The first kappa shape index (κ1) is 15.8. The van der Waals surface area contributed by atoms with Crippen molar-refractivity contribution in [1.82, 2.24) is 9.88 Å². The van der Waals surface area contributed by atoms with Crippen LogP contribution in [0.1, 0.15) is 32.9 Å². The second kappa shape index (κ2) is 6.02. The Bertz CT molecular complexity index is 582. The zero-order chi connectivity index (χ0) is 15.6. The number of carbonyl (C=O) groups is 1. The quantitative estimate of drug-likeness (QED) is 0.790. The maximum atomic E-state index is 13.8. The SMILES string of the molecule is CC(C)(C)OC(=O)N1CC=C(c2ncc(Cl)cc2F)CC1. The lowest BCUT2D eigenvalue weighted by atomic mass is 10.0. The van der Waals surface area contributed by atoms with Crippen LogP contribution in [-0.2, 0) is 4.74 Å². The van der Waals surface area contributed by atoms with Crippen molar-refractivity contribution in [3.05, 3.63) is 34.9 Å². The van der Waals surface area contributed by atoms with Crippen molar-refractivity contribution in [2.75, 3.05) is 13.1 Å². The molecule has 21 heavy (non-hydrogen) atoms. The maximum Gasteiger partial charge on any atom is 0.410 e. The largest absolute Gasteiger partial charge is 0.444 e. The summed E-state index contributed by atoms with van der Waals surface area (Å²) >= 11 is 5.69. The van der Waals surface area contributed by atoms with Gasteiger partial charge >= 0.3 is 6.09 Å². The molecule has 0 saturated carbocycles. The van der Waals surface area contributed by atoms with Crippen LogP contribution in [0.5, 0.6) is 0 Å². The van der Waals surface area contributed by atoms with Gasteiger partial charge in [-0.2, -0.15) is 0 Å². The minimum atomic E-state index is -0.523. The van der Waals surface area contributed by atoms with E-state index in [1.54, 1.807) is 11.0 Å². The van der Waals surface area contributed by atoms with Gasteiger partial charge < -0.3 is 9.64 Å². The number of amides is 1. The molecule has 0 N–H and O–H groups in total. The lowest BCUT2D eigenvalue weighted by Gasteiger charge is -2.29. The number of rotatable bonds is 1. The van der Waals surface area contributed by atoms with Gasteiger partial charge in [-0.05, 0) is 38.8 Å². The van der Waals surface area contributed by atoms with Crippen molar-refractivity contribution in [3.63, 3.8) is 0 Å². The number of aromatic nitrogens is 1. The van der Waals surface area contributed by atoms with Crippen molar-refractivity contribution < 1.29 is 13.9 Å². The fraction of sp³-hybridized carbons (Fsp3) is 0.467. The lowest BCUT2D eigenvalue weighted by Crippen LogP contribution is -2.39. The molecule has 0 spiro atoms. The molecule has 0 aromatic carbocycles. The first-order valence-corrected chi connectivity index (χ1v) is 7.12. The maximum absolute atomic E-state index is 13.8. The third-order valence-electron chi connectivity index (χ3n) is 2.97. The molecule has 1 aromatic heterocycles. The van der Waals surface area contributed by atoms with E-state index in [-0.39, 0.29) is 11.1 Å². The predicted molar refractivity (Wildman–Crippen MR) is 79.6 cm³/mol. The summed E-state index contributed by atoms with van der Waals surface area (Å²) in [5.74, 6) is -0.445. The number of ether oxygens (including phenoxy) is 1. The monoisotopic (exact) mass is 312 g/mol. The number of carbonyl (C=O) groups excluding carboxylic acids is 1. The Hall–Kier alpha value is -1.62. The van der Waals surface area contributed by atoms with E-state index in [9.17, 15) is 9.18 Å². The highest BCUT2D eigenvalue weighted by molar-refractivity contribution is 6.30. The predicted octanol–water partition coefficient (Wildman–Crippen LogP) is 3.90. The number of hydrogen-bond donors (Lipinski definition) is 0. The molecule has 1 aliphatic heterocycles. The molecular formula is C15H18ClFN2O2. The smallest absolute Gasteiger partial charge is 0.410 e. The molecule has 0 aliphatic carbocycles. The van der Waals surface area contributed by atoms with Gasteiger partial charge in [0.1, 0.15) is 11.3 Å². The summed E-state index contributed by atoms with van der Waals surface area (Å²) in [6, 6.07) is 1.24. The molecule has 0 unspecified atom stereocenters. The molecule has 2 rings (SSSR count). The van der Waals surface area contributed by atoms with E-state index in [4.69, 9.17) is 16.3 Å². The van der Waals surface area contributed by atoms with Crippen molar-refractivity contribution in [1.29, 1.82) is 0 Å². The van der Waals surface area contributed by atoms with E-state index >= 15 is 0 Å². The summed E-state index contributed by atoms with van der Waals surface area (Å²) in [4.78, 5) is 17.5. The van der Waals surface area contributed by atoms with Gasteiger partial charge in [-0.15, -0.1) is 0 Å². The summed E-state index contributed by atoms with van der Waals surface area (Å²) in [5, 5.41) is 0.267. The van der Waals surface area contributed by atoms with Crippen LogP contribution in [0.3, 0.4) is 0 Å². The molecule has 114 valence electrons. The molecule has 6 heteroatoms. The van der Waals surface area contributed by atoms with Gasteiger partial charge in [0, 0.05) is 19.3 Å². The third kappa shape index (κ3) is 4.17. The van der Waals surface area contributed by atoms with Crippen LogP contribution >= 0.6 is 11.6 Å². The number of nitrogens with zero attached hydrogens (tertiary/aromatic N) is 2. The van der Waals surface area contributed by atoms with Crippen LogP contribution in [-0.4, -0.2) is 34.7 Å². The normalized spacial score (nSPS) is 15.7. The van der Waals surface area contributed by atoms with Gasteiger partial charge in [-0.1, -0.05) is 17.7 Å². The van der Waals surface area contributed by atoms with E-state index in [1.807, 2.05) is 20.8 Å². The summed E-state index contributed by atoms with van der Waals surface area (Å²) in [6.45, 7) is 6.33. The van der Waals surface area contributed by atoms with Crippen molar-refractivity contribution in [2.24, 2.45) is 0 Å². The molecule has 0 radical (unpaired) electrons. The van der Waals surface area contributed by atoms with Crippen LogP contribution in [0.4, 0.5) is 9.18 Å². The second-order valence-electron chi connectivity index (χ2n) is 5.89. The van der Waals surface area contributed by atoms with E-state index in [0.717, 1.165) is 5.57 Å². The van der Waals surface area contributed by atoms with Gasteiger partial charge in [0.15, 0.2) is 5.82 Å². The number of pyridine rings is 1. The highest BCUT2D eigenvalue weighted by Crippen LogP contribution is 2.25. The Labute approximate surface area is 128 Å². The summed E-state index contributed by atoms with van der Waals surface area (Å²) in [7, 11) is 0. The molecule has 0 bridgehead atoms. The van der Waals surface area contributed by atoms with Crippen LogP contribution in [0.2, 0.25) is 5.02 Å². The molecule has 1 aliphatic rings. The molecule has 0 fully saturated rings. The van der Waals surface area contributed by atoms with Crippen molar-refractivity contribution in [3.8, 4) is 0 Å². The van der Waals surface area contributed by atoms with Crippen molar-refractivity contribution >= 4 is 23.3 Å². The topological polar surface area (TPSA) is 42.4 Å².